The Hall–Kier alpha value is -1.16. The molecular formula is C13H21N3O. The molecule has 2 heterocycles. The predicted octanol–water partition coefficient (Wildman–Crippen LogP) is 1.81. The van der Waals surface area contributed by atoms with Crippen molar-refractivity contribution in [2.45, 2.75) is 39.2 Å². The van der Waals surface area contributed by atoms with E-state index in [-0.39, 0.29) is 12.6 Å². The highest BCUT2D eigenvalue weighted by molar-refractivity contribution is 5.42. The third kappa shape index (κ3) is 2.41. The van der Waals surface area contributed by atoms with Crippen molar-refractivity contribution in [3.05, 3.63) is 18.1 Å². The van der Waals surface area contributed by atoms with Crippen molar-refractivity contribution >= 4 is 5.82 Å². The van der Waals surface area contributed by atoms with Gasteiger partial charge in [-0.1, -0.05) is 20.8 Å². The largest absolute Gasteiger partial charge is 0.394 e. The maximum atomic E-state index is 9.46. The van der Waals surface area contributed by atoms with Crippen LogP contribution in [0.15, 0.2) is 12.4 Å². The molecule has 0 aliphatic carbocycles. The van der Waals surface area contributed by atoms with Crippen LogP contribution >= 0.6 is 0 Å². The summed E-state index contributed by atoms with van der Waals surface area (Å²) in [7, 11) is 0. The van der Waals surface area contributed by atoms with Gasteiger partial charge in [-0.3, -0.25) is 0 Å². The minimum absolute atomic E-state index is 0.197. The highest BCUT2D eigenvalue weighted by Gasteiger charge is 2.31. The maximum Gasteiger partial charge on any atom is 0.132 e. The number of anilines is 1. The van der Waals surface area contributed by atoms with E-state index < -0.39 is 0 Å². The van der Waals surface area contributed by atoms with Crippen LogP contribution in [0.4, 0.5) is 5.82 Å². The SMILES string of the molecule is CC(C)c1cc(N2CCC(C)C2CO)ncn1. The number of hydrogen-bond acceptors (Lipinski definition) is 4. The van der Waals surface area contributed by atoms with Crippen LogP contribution in [0.1, 0.15) is 38.8 Å². The summed E-state index contributed by atoms with van der Waals surface area (Å²) in [6, 6.07) is 2.25. The van der Waals surface area contributed by atoms with Crippen LogP contribution in [-0.4, -0.2) is 34.3 Å². The highest BCUT2D eigenvalue weighted by atomic mass is 16.3. The summed E-state index contributed by atoms with van der Waals surface area (Å²) in [6.07, 6.45) is 2.74. The molecule has 2 rings (SSSR count). The summed E-state index contributed by atoms with van der Waals surface area (Å²) >= 11 is 0. The summed E-state index contributed by atoms with van der Waals surface area (Å²) < 4.78 is 0. The van der Waals surface area contributed by atoms with Gasteiger partial charge in [-0.25, -0.2) is 9.97 Å². The second-order valence-corrected chi connectivity index (χ2v) is 5.17. The van der Waals surface area contributed by atoms with Crippen molar-refractivity contribution in [3.8, 4) is 0 Å². The first-order chi connectivity index (χ1) is 8.13. The molecule has 1 aliphatic rings. The molecule has 1 aliphatic heterocycles. The fraction of sp³-hybridized carbons (Fsp3) is 0.692. The molecule has 17 heavy (non-hydrogen) atoms. The van der Waals surface area contributed by atoms with Crippen LogP contribution in [0.25, 0.3) is 0 Å². The average Bonchev–Trinajstić information content (AvgIpc) is 2.70. The van der Waals surface area contributed by atoms with Gasteiger partial charge in [-0.2, -0.15) is 0 Å². The molecule has 0 radical (unpaired) electrons. The summed E-state index contributed by atoms with van der Waals surface area (Å²) in [6.45, 7) is 7.61. The highest BCUT2D eigenvalue weighted by Crippen LogP contribution is 2.28. The molecule has 1 aromatic rings. The topological polar surface area (TPSA) is 49.2 Å². The van der Waals surface area contributed by atoms with Gasteiger partial charge in [0.05, 0.1) is 12.6 Å². The van der Waals surface area contributed by atoms with Crippen LogP contribution in [0.5, 0.6) is 0 Å². The van der Waals surface area contributed by atoms with Gasteiger partial charge in [0, 0.05) is 18.3 Å². The Bertz CT molecular complexity index is 381. The molecule has 0 bridgehead atoms. The summed E-state index contributed by atoms with van der Waals surface area (Å²) in [4.78, 5) is 10.8. The van der Waals surface area contributed by atoms with Gasteiger partial charge in [0.2, 0.25) is 0 Å². The van der Waals surface area contributed by atoms with Gasteiger partial charge in [-0.05, 0) is 18.3 Å². The Balaban J connectivity index is 2.25. The first-order valence-electron chi connectivity index (χ1n) is 6.33. The second-order valence-electron chi connectivity index (χ2n) is 5.17. The normalized spacial score (nSPS) is 24.6. The smallest absolute Gasteiger partial charge is 0.132 e. The van der Waals surface area contributed by atoms with Crippen molar-refractivity contribution in [2.75, 3.05) is 18.1 Å². The Morgan fingerprint density at radius 3 is 2.88 bits per heavy atom. The van der Waals surface area contributed by atoms with Crippen LogP contribution in [0, 0.1) is 5.92 Å². The Labute approximate surface area is 103 Å². The zero-order chi connectivity index (χ0) is 12.4. The monoisotopic (exact) mass is 235 g/mol. The number of hydrogen-bond donors (Lipinski definition) is 1. The third-order valence-corrected chi connectivity index (χ3v) is 3.63. The molecule has 0 spiro atoms. The average molecular weight is 235 g/mol. The minimum Gasteiger partial charge on any atom is -0.394 e. The van der Waals surface area contributed by atoms with Gasteiger partial charge in [0.25, 0.3) is 0 Å². The first-order valence-corrected chi connectivity index (χ1v) is 6.33. The number of nitrogens with zero attached hydrogens (tertiary/aromatic N) is 3. The van der Waals surface area contributed by atoms with Gasteiger partial charge in [-0.15, -0.1) is 0 Å². The van der Waals surface area contributed by atoms with Crippen molar-refractivity contribution in [2.24, 2.45) is 5.92 Å². The van der Waals surface area contributed by atoms with Crippen molar-refractivity contribution in [3.63, 3.8) is 0 Å². The molecule has 4 heteroatoms. The van der Waals surface area contributed by atoms with E-state index in [1.807, 2.05) is 6.07 Å². The number of aromatic nitrogens is 2. The summed E-state index contributed by atoms with van der Waals surface area (Å²) in [5.74, 6) is 1.88. The van der Waals surface area contributed by atoms with E-state index in [0.29, 0.717) is 11.8 Å². The molecule has 1 N–H and O–H groups in total. The lowest BCUT2D eigenvalue weighted by Crippen LogP contribution is -2.35. The lowest BCUT2D eigenvalue weighted by Gasteiger charge is -2.26. The molecule has 1 saturated heterocycles. The molecule has 4 nitrogen and oxygen atoms in total. The standard InChI is InChI=1S/C13H21N3O/c1-9(2)11-6-13(15-8-14-11)16-5-4-10(3)12(16)7-17/h6,8-10,12,17H,4-5,7H2,1-3H3. The zero-order valence-electron chi connectivity index (χ0n) is 10.8. The van der Waals surface area contributed by atoms with E-state index in [1.165, 1.54) is 0 Å². The van der Waals surface area contributed by atoms with Crippen LogP contribution in [0.3, 0.4) is 0 Å². The third-order valence-electron chi connectivity index (χ3n) is 3.63. The van der Waals surface area contributed by atoms with E-state index in [9.17, 15) is 5.11 Å². The number of aliphatic hydroxyl groups excluding tert-OH is 1. The summed E-state index contributed by atoms with van der Waals surface area (Å²) in [5.41, 5.74) is 1.06. The molecule has 0 saturated carbocycles. The van der Waals surface area contributed by atoms with Crippen LogP contribution < -0.4 is 4.90 Å². The zero-order valence-corrected chi connectivity index (χ0v) is 10.8. The van der Waals surface area contributed by atoms with Gasteiger partial charge >= 0.3 is 0 Å². The Kier molecular flexibility index (Phi) is 3.62. The lowest BCUT2D eigenvalue weighted by atomic mass is 10.0. The minimum atomic E-state index is 0.197. The van der Waals surface area contributed by atoms with Gasteiger partial charge in [0.15, 0.2) is 0 Å². The van der Waals surface area contributed by atoms with Gasteiger partial charge < -0.3 is 10.0 Å². The fourth-order valence-electron chi connectivity index (χ4n) is 2.41. The lowest BCUT2D eigenvalue weighted by molar-refractivity contribution is 0.244. The van der Waals surface area contributed by atoms with Crippen molar-refractivity contribution in [1.29, 1.82) is 0 Å². The molecule has 0 amide bonds. The van der Waals surface area contributed by atoms with E-state index in [2.05, 4.69) is 35.6 Å². The van der Waals surface area contributed by atoms with E-state index in [0.717, 1.165) is 24.5 Å². The fourth-order valence-corrected chi connectivity index (χ4v) is 2.41. The predicted molar refractivity (Wildman–Crippen MR) is 68.1 cm³/mol. The Morgan fingerprint density at radius 2 is 2.24 bits per heavy atom. The Morgan fingerprint density at radius 1 is 1.47 bits per heavy atom. The van der Waals surface area contributed by atoms with Crippen molar-refractivity contribution in [1.82, 2.24) is 9.97 Å². The van der Waals surface area contributed by atoms with Crippen LogP contribution in [0.2, 0.25) is 0 Å². The first kappa shape index (κ1) is 12.3. The molecule has 0 aromatic carbocycles. The second kappa shape index (κ2) is 5.00. The number of aliphatic hydroxyl groups is 1. The van der Waals surface area contributed by atoms with Crippen LogP contribution in [-0.2, 0) is 0 Å². The van der Waals surface area contributed by atoms with E-state index in [4.69, 9.17) is 0 Å². The number of rotatable bonds is 3. The maximum absolute atomic E-state index is 9.46. The molecule has 1 fully saturated rings. The summed E-state index contributed by atoms with van der Waals surface area (Å²) in [5, 5.41) is 9.46. The molecule has 1 aromatic heterocycles. The van der Waals surface area contributed by atoms with E-state index in [1.54, 1.807) is 6.33 Å². The van der Waals surface area contributed by atoms with E-state index >= 15 is 0 Å². The molecule has 2 unspecified atom stereocenters. The quantitative estimate of drug-likeness (QED) is 0.868. The van der Waals surface area contributed by atoms with Crippen molar-refractivity contribution < 1.29 is 5.11 Å². The molecular weight excluding hydrogens is 214 g/mol. The van der Waals surface area contributed by atoms with Gasteiger partial charge in [0.1, 0.15) is 12.1 Å². The molecule has 94 valence electrons. The molecule has 2 atom stereocenters.